The summed E-state index contributed by atoms with van der Waals surface area (Å²) in [5.41, 5.74) is -26.5. The second-order valence-electron chi connectivity index (χ2n) is 7.50. The molecular weight excluding hydrogens is 596 g/mol. The van der Waals surface area contributed by atoms with Crippen molar-refractivity contribution in [1.82, 2.24) is 0 Å². The highest BCUT2D eigenvalue weighted by Crippen LogP contribution is 2.76. The first kappa shape index (κ1) is 29.6. The minimum Gasteiger partial charge on any atom is -0.230 e. The number of rotatable bonds is 3. The molecule has 0 N–H and O–H groups in total. The van der Waals surface area contributed by atoms with E-state index >= 15 is 4.39 Å². The Bertz CT molecular complexity index is 1320. The molecule has 0 aliphatic heterocycles. The van der Waals surface area contributed by atoms with Gasteiger partial charge in [-0.2, -0.15) is 43.9 Å². The summed E-state index contributed by atoms with van der Waals surface area (Å²) in [5.74, 6) is -50.1. The van der Waals surface area contributed by atoms with Crippen molar-refractivity contribution in [3.05, 3.63) is 69.0 Å². The fraction of sp³-hybridized carbons (Fsp3) is 0.333. The van der Waals surface area contributed by atoms with Gasteiger partial charge in [-0.25, -0.2) is 43.9 Å². The molecule has 0 fully saturated rings. The van der Waals surface area contributed by atoms with Crippen molar-refractivity contribution in [2.75, 3.05) is 0 Å². The van der Waals surface area contributed by atoms with Crippen LogP contribution in [0.15, 0.2) is 0 Å². The molecule has 1 aliphatic rings. The Labute approximate surface area is 193 Å². The van der Waals surface area contributed by atoms with Gasteiger partial charge in [0.25, 0.3) is 0 Å². The van der Waals surface area contributed by atoms with E-state index in [9.17, 15) is 83.4 Å². The van der Waals surface area contributed by atoms with Crippen molar-refractivity contribution in [3.8, 4) is 0 Å². The largest absolute Gasteiger partial charge is 0.457 e. The van der Waals surface area contributed by atoms with Crippen LogP contribution < -0.4 is 0 Å². The molecule has 2 aromatic carbocycles. The molecule has 2 atom stereocenters. The Morgan fingerprint density at radius 3 is 0.921 bits per heavy atom. The summed E-state index contributed by atoms with van der Waals surface area (Å²) in [6.45, 7) is 0. The van der Waals surface area contributed by atoms with Gasteiger partial charge in [0, 0.05) is 11.1 Å². The lowest BCUT2D eigenvalue weighted by Crippen LogP contribution is -2.78. The van der Waals surface area contributed by atoms with Gasteiger partial charge in [-0.1, -0.05) is 0 Å². The third-order valence-corrected chi connectivity index (χ3v) is 5.70. The van der Waals surface area contributed by atoms with Gasteiger partial charge in [0.15, 0.2) is 46.5 Å². The summed E-state index contributed by atoms with van der Waals surface area (Å²) in [4.78, 5) is 0. The molecule has 2 unspecified atom stereocenters. The van der Waals surface area contributed by atoms with E-state index in [2.05, 4.69) is 0 Å². The van der Waals surface area contributed by atoms with Gasteiger partial charge >= 0.3 is 24.2 Å². The van der Waals surface area contributed by atoms with E-state index in [1.807, 2.05) is 0 Å². The zero-order valence-electron chi connectivity index (χ0n) is 16.6. The second kappa shape index (κ2) is 7.80. The Morgan fingerprint density at radius 1 is 0.342 bits per heavy atom. The fourth-order valence-corrected chi connectivity index (χ4v) is 4.17. The lowest BCUT2D eigenvalue weighted by molar-refractivity contribution is -0.389. The molecule has 0 aromatic heterocycles. The third kappa shape index (κ3) is 2.91. The van der Waals surface area contributed by atoms with E-state index in [-0.39, 0.29) is 0 Å². The van der Waals surface area contributed by atoms with Crippen molar-refractivity contribution in [1.29, 1.82) is 0 Å². The molecule has 0 nitrogen and oxygen atoms in total. The molecule has 2 aromatic rings. The summed E-state index contributed by atoms with van der Waals surface area (Å²) in [6, 6.07) is 0. The smallest absolute Gasteiger partial charge is 0.230 e. The molecule has 0 radical (unpaired) electrons. The predicted octanol–water partition coefficient (Wildman–Crippen LogP) is 7.80. The van der Waals surface area contributed by atoms with Gasteiger partial charge < -0.3 is 0 Å². The van der Waals surface area contributed by atoms with Crippen LogP contribution in [0.3, 0.4) is 0 Å². The minimum absolute atomic E-state index is 3.49. The number of benzene rings is 2. The first-order valence-corrected chi connectivity index (χ1v) is 8.78. The van der Waals surface area contributed by atoms with Crippen LogP contribution >= 0.6 is 0 Å². The third-order valence-electron chi connectivity index (χ3n) is 5.70. The van der Waals surface area contributed by atoms with Gasteiger partial charge in [0.2, 0.25) is 11.5 Å². The summed E-state index contributed by atoms with van der Waals surface area (Å²) < 4.78 is 280. The molecule has 0 spiro atoms. The predicted molar refractivity (Wildman–Crippen MR) is 78.1 cm³/mol. The first-order valence-electron chi connectivity index (χ1n) is 8.78. The lowest BCUT2D eigenvalue weighted by Gasteiger charge is -2.59. The Balaban J connectivity index is 2.90. The number of hydrogen-bond acceptors (Lipinski definition) is 0. The van der Waals surface area contributed by atoms with E-state index in [4.69, 9.17) is 0 Å². The van der Waals surface area contributed by atoms with Crippen molar-refractivity contribution in [2.45, 2.75) is 35.3 Å². The van der Waals surface area contributed by atoms with Gasteiger partial charge in [-0.15, -0.1) is 0 Å². The molecule has 38 heavy (non-hydrogen) atoms. The van der Waals surface area contributed by atoms with Crippen LogP contribution in [0, 0.1) is 52.4 Å². The number of hydrogen-bond donors (Lipinski definition) is 0. The minimum atomic E-state index is -8.02. The normalized spacial score (nSPS) is 22.4. The lowest BCUT2D eigenvalue weighted by atomic mass is 9.45. The summed E-state index contributed by atoms with van der Waals surface area (Å²) >= 11 is 0. The quantitative estimate of drug-likeness (QED) is 0.193. The standard InChI is InChI=1S/C18F20/c19-4-1-2(5(20)9(24)8(4)23)14(28,16(31,32)18(36,37)38)13(1,15(29,30)17(33,34)35)3-6(21)10(25)12(27)11(26)7(3)22. The highest BCUT2D eigenvalue weighted by molar-refractivity contribution is 5.66. The molecule has 212 valence electrons. The topological polar surface area (TPSA) is 0 Å². The SMILES string of the molecule is Fc1c(F)c(F)c(C2(C(F)(F)C(F)(F)F)c3c(F)c(F)c(F)c(F)c3C2(F)C(F)(F)C(F)(F)F)c(F)c1F. The van der Waals surface area contributed by atoms with E-state index in [0.29, 0.717) is 0 Å². The molecule has 0 saturated carbocycles. The molecule has 0 heterocycles. The molecular formula is C18F20. The zero-order chi connectivity index (χ0) is 29.9. The maximum absolute atomic E-state index is 15.9. The molecule has 0 bridgehead atoms. The van der Waals surface area contributed by atoms with E-state index in [1.165, 1.54) is 0 Å². The summed E-state index contributed by atoms with van der Waals surface area (Å²) in [6.07, 6.45) is -15.7. The second-order valence-corrected chi connectivity index (χ2v) is 7.50. The van der Waals surface area contributed by atoms with E-state index in [1.54, 1.807) is 0 Å². The molecule has 1 aliphatic carbocycles. The number of fused-ring (bicyclic) bond motifs is 1. The number of halogens is 20. The van der Waals surface area contributed by atoms with Gasteiger partial charge in [-0.05, 0) is 0 Å². The Kier molecular flexibility index (Phi) is 6.07. The molecule has 0 amide bonds. The van der Waals surface area contributed by atoms with Crippen LogP contribution in [0.5, 0.6) is 0 Å². The van der Waals surface area contributed by atoms with E-state index < -0.39 is 104 Å². The number of alkyl halides is 11. The zero-order valence-corrected chi connectivity index (χ0v) is 16.6. The van der Waals surface area contributed by atoms with Crippen molar-refractivity contribution >= 4 is 0 Å². The van der Waals surface area contributed by atoms with Gasteiger partial charge in [-0.3, -0.25) is 0 Å². The first-order chi connectivity index (χ1) is 16.8. The van der Waals surface area contributed by atoms with Crippen LogP contribution in [0.4, 0.5) is 87.8 Å². The Morgan fingerprint density at radius 2 is 0.605 bits per heavy atom. The Hall–Kier alpha value is -2.96. The maximum Gasteiger partial charge on any atom is 0.457 e. The molecule has 3 rings (SSSR count). The van der Waals surface area contributed by atoms with Crippen molar-refractivity contribution in [2.24, 2.45) is 0 Å². The van der Waals surface area contributed by atoms with Crippen LogP contribution in [0.2, 0.25) is 0 Å². The van der Waals surface area contributed by atoms with Crippen molar-refractivity contribution in [3.63, 3.8) is 0 Å². The van der Waals surface area contributed by atoms with Gasteiger partial charge in [0.05, 0.1) is 5.56 Å². The van der Waals surface area contributed by atoms with E-state index in [0.717, 1.165) is 0 Å². The van der Waals surface area contributed by atoms with Gasteiger partial charge in [0.1, 0.15) is 5.41 Å². The highest BCUT2D eigenvalue weighted by Gasteiger charge is 2.95. The van der Waals surface area contributed by atoms with Crippen LogP contribution in [0.1, 0.15) is 16.7 Å². The van der Waals surface area contributed by atoms with Crippen LogP contribution in [-0.2, 0) is 11.1 Å². The van der Waals surface area contributed by atoms with Crippen LogP contribution in [-0.4, -0.2) is 24.2 Å². The van der Waals surface area contributed by atoms with Crippen molar-refractivity contribution < 1.29 is 87.8 Å². The van der Waals surface area contributed by atoms with Crippen LogP contribution in [0.25, 0.3) is 0 Å². The molecule has 0 saturated heterocycles. The average Bonchev–Trinajstić information content (AvgIpc) is 2.77. The monoisotopic (exact) mass is 596 g/mol. The summed E-state index contributed by atoms with van der Waals surface area (Å²) in [7, 11) is 0. The average molecular weight is 596 g/mol. The summed E-state index contributed by atoms with van der Waals surface area (Å²) in [5, 5.41) is 0. The fourth-order valence-electron chi connectivity index (χ4n) is 4.17. The highest BCUT2D eigenvalue weighted by atomic mass is 19.4. The molecule has 20 heteroatoms. The maximum atomic E-state index is 15.9.